The van der Waals surface area contributed by atoms with Crippen LogP contribution >= 0.6 is 0 Å². The van der Waals surface area contributed by atoms with E-state index in [4.69, 9.17) is 8.37 Å². The lowest BCUT2D eigenvalue weighted by molar-refractivity contribution is -0.265. The molecule has 338 valence electrons. The van der Waals surface area contributed by atoms with Gasteiger partial charge >= 0.3 is 31.6 Å². The van der Waals surface area contributed by atoms with Gasteiger partial charge in [0, 0.05) is 34.4 Å². The van der Waals surface area contributed by atoms with Crippen LogP contribution in [0.25, 0.3) is 31.5 Å². The second kappa shape index (κ2) is 17.2. The average molecular weight is 933 g/mol. The minimum atomic E-state index is -4.59. The van der Waals surface area contributed by atoms with Gasteiger partial charge in [0.2, 0.25) is 10.8 Å². The molecule has 10 rings (SSSR count). The molecule has 15 heteroatoms. The summed E-state index contributed by atoms with van der Waals surface area (Å²) in [6.07, 6.45) is 9.32. The lowest BCUT2D eigenvalue weighted by atomic mass is 9.71. The van der Waals surface area contributed by atoms with Crippen LogP contribution < -0.4 is 18.6 Å². The van der Waals surface area contributed by atoms with Gasteiger partial charge in [-0.1, -0.05) is 93.1 Å². The predicted octanol–water partition coefficient (Wildman–Crippen LogP) is 11.5. The van der Waals surface area contributed by atoms with E-state index in [1.165, 1.54) is 60.7 Å². The van der Waals surface area contributed by atoms with Gasteiger partial charge in [0.15, 0.2) is 9.95 Å². The average Bonchev–Trinajstić information content (AvgIpc) is 3.33. The summed E-state index contributed by atoms with van der Waals surface area (Å²) in [6.45, 7) is 0. The zero-order chi connectivity index (χ0) is 46.6. The number of diazo groups is 2. The standard InChI is InChI=1S/C52H44N4O9S2/c53-55-43-23-21-34-36(51(43)58)16-9-19-48(34)66(60,61)64-46-26-32-25-33-27-47(65-67(62,63)49-20-10-17-37-35(49)22-24-44(56-54)52(37)59)40(31-13-5-2-6-14-31)29-42(33)50(38-15-7-8-18-45(38)57)41(32)28-39(46)30-11-3-1-4-12-30/h7-10,15-24,26-31,50H,1-6,11-14,25H2,(H-2,57,58,59). The van der Waals surface area contributed by atoms with Crippen molar-refractivity contribution in [1.82, 2.24) is 0 Å². The molecule has 2 saturated carbocycles. The first-order valence-corrected chi connectivity index (χ1v) is 25.3. The molecule has 1 N–H and O–H groups in total. The monoisotopic (exact) mass is 932 g/mol. The minimum Gasteiger partial charge on any atom is -0.867 e. The molecule has 0 bridgehead atoms. The van der Waals surface area contributed by atoms with Crippen LogP contribution in [-0.2, 0) is 26.7 Å². The molecule has 0 heterocycles. The van der Waals surface area contributed by atoms with Crippen molar-refractivity contribution < 1.29 is 40.5 Å². The van der Waals surface area contributed by atoms with E-state index in [1.807, 2.05) is 24.3 Å². The number of hydrogen-bond acceptors (Lipinski definition) is 11. The zero-order valence-electron chi connectivity index (χ0n) is 36.2. The fourth-order valence-electron chi connectivity index (χ4n) is 10.7. The van der Waals surface area contributed by atoms with Crippen LogP contribution in [0.1, 0.15) is 121 Å². The molecule has 0 saturated heterocycles. The molecule has 7 aromatic rings. The highest BCUT2D eigenvalue weighted by Crippen LogP contribution is 2.51. The molecular formula is C52H44N4O9S2. The maximum absolute atomic E-state index is 14.5. The van der Waals surface area contributed by atoms with Crippen molar-refractivity contribution in [2.75, 3.05) is 0 Å². The predicted molar refractivity (Wildman–Crippen MR) is 248 cm³/mol. The molecule has 0 unspecified atom stereocenters. The van der Waals surface area contributed by atoms with Crippen molar-refractivity contribution in [3.05, 3.63) is 158 Å². The van der Waals surface area contributed by atoms with Gasteiger partial charge in [0.1, 0.15) is 27.0 Å². The van der Waals surface area contributed by atoms with Crippen molar-refractivity contribution in [2.24, 2.45) is 0 Å². The Morgan fingerprint density at radius 1 is 0.507 bits per heavy atom. The summed E-state index contributed by atoms with van der Waals surface area (Å²) in [7, 11) is -9.17. The highest BCUT2D eigenvalue weighted by molar-refractivity contribution is 7.87. The van der Waals surface area contributed by atoms with E-state index in [2.05, 4.69) is 9.95 Å². The summed E-state index contributed by atoms with van der Waals surface area (Å²) in [5.41, 5.74) is 4.69. The number of aromatic hydroxyl groups is 1. The first-order chi connectivity index (χ1) is 32.4. The van der Waals surface area contributed by atoms with Crippen LogP contribution in [0.3, 0.4) is 0 Å². The first-order valence-electron chi connectivity index (χ1n) is 22.5. The van der Waals surface area contributed by atoms with Gasteiger partial charge in [-0.3, -0.25) is 0 Å². The molecule has 0 atom stereocenters. The number of para-hydroxylation sites is 1. The Morgan fingerprint density at radius 3 is 1.39 bits per heavy atom. The molecule has 0 spiro atoms. The van der Waals surface area contributed by atoms with Crippen molar-refractivity contribution in [1.29, 1.82) is 10.8 Å². The number of nitrogens with zero attached hydrogens (tertiary/aromatic N) is 4. The van der Waals surface area contributed by atoms with Crippen molar-refractivity contribution >= 4 is 53.2 Å². The summed E-state index contributed by atoms with van der Waals surface area (Å²) < 4.78 is 70.4. The van der Waals surface area contributed by atoms with E-state index in [0.29, 0.717) is 27.8 Å². The summed E-state index contributed by atoms with van der Waals surface area (Å²) in [5, 5.41) is 56.9. The Hall–Kier alpha value is -7.20. The molecule has 0 aromatic heterocycles. The number of phenolic OH excluding ortho intramolecular Hbond substituents is 1. The van der Waals surface area contributed by atoms with Gasteiger partial charge in [-0.05, 0) is 142 Å². The maximum Gasteiger partial charge on any atom is 0.378 e. The molecular weight excluding hydrogens is 889 g/mol. The van der Waals surface area contributed by atoms with E-state index in [0.717, 1.165) is 75.3 Å². The summed E-state index contributed by atoms with van der Waals surface area (Å²) in [6, 6.07) is 28.5. The van der Waals surface area contributed by atoms with Gasteiger partial charge in [-0.25, -0.2) is 0 Å². The highest BCUT2D eigenvalue weighted by atomic mass is 32.2. The largest absolute Gasteiger partial charge is 0.867 e. The van der Waals surface area contributed by atoms with E-state index < -0.39 is 37.7 Å². The quantitative estimate of drug-likeness (QED) is 0.106. The van der Waals surface area contributed by atoms with Crippen LogP contribution in [0.15, 0.2) is 119 Å². The zero-order valence-corrected chi connectivity index (χ0v) is 37.9. The third-order valence-corrected chi connectivity index (χ3v) is 16.5. The highest BCUT2D eigenvalue weighted by Gasteiger charge is 2.36. The smallest absolute Gasteiger partial charge is 0.378 e. The lowest BCUT2D eigenvalue weighted by Gasteiger charge is -2.34. The van der Waals surface area contributed by atoms with Crippen LogP contribution in [0.2, 0.25) is 0 Å². The Labute approximate surface area is 387 Å². The number of rotatable bonds is 9. The normalized spacial score (nSPS) is 15.9. The van der Waals surface area contributed by atoms with E-state index >= 15 is 0 Å². The van der Waals surface area contributed by atoms with Crippen molar-refractivity contribution in [3.63, 3.8) is 0 Å². The summed E-state index contributed by atoms with van der Waals surface area (Å²) >= 11 is 0. The Balaban J connectivity index is 1.14. The Bertz CT molecular complexity index is 3270. The Kier molecular flexibility index (Phi) is 11.2. The van der Waals surface area contributed by atoms with E-state index in [-0.39, 0.29) is 78.2 Å². The first kappa shape index (κ1) is 43.7. The van der Waals surface area contributed by atoms with Crippen LogP contribution in [-0.4, -0.2) is 21.9 Å². The SMILES string of the molecule is N#[N+]c1ccc2c(S(=O)(=O)Oc3cc4c(cc3C3CCCCC3)C(c3ccccc3O)c3cc(C5CCCCC5)c(OS(=O)(=O)c5cccc6c([O-])c([N+]#N)ccc56)cc3C4)cccc2c1[O-]. The number of hydrogen-bond donors (Lipinski definition) is 1. The fraction of sp³-hybridized carbons (Fsp3) is 0.269. The molecule has 67 heavy (non-hydrogen) atoms. The third-order valence-electron chi connectivity index (χ3n) is 13.9. The van der Waals surface area contributed by atoms with Gasteiger partial charge in [-0.2, -0.15) is 16.8 Å². The summed E-state index contributed by atoms with van der Waals surface area (Å²) in [4.78, 5) is 5.65. The Morgan fingerprint density at radius 2 is 0.955 bits per heavy atom. The third kappa shape index (κ3) is 7.82. The summed E-state index contributed by atoms with van der Waals surface area (Å²) in [5.74, 6) is -1.57. The van der Waals surface area contributed by atoms with Gasteiger partial charge in [-0.15, -0.1) is 0 Å². The molecule has 0 amide bonds. The van der Waals surface area contributed by atoms with E-state index in [9.17, 15) is 42.9 Å². The van der Waals surface area contributed by atoms with Crippen molar-refractivity contribution in [2.45, 2.75) is 98.2 Å². The lowest BCUT2D eigenvalue weighted by Crippen LogP contribution is -2.20. The van der Waals surface area contributed by atoms with Crippen LogP contribution in [0, 0.1) is 10.8 Å². The second-order valence-corrected chi connectivity index (χ2v) is 20.9. The number of phenols is 1. The maximum atomic E-state index is 14.5. The molecule has 2 fully saturated rings. The molecule has 7 aromatic carbocycles. The number of benzene rings is 7. The molecule has 3 aliphatic carbocycles. The van der Waals surface area contributed by atoms with Gasteiger partial charge in [0.05, 0.1) is 0 Å². The fourth-order valence-corrected chi connectivity index (χ4v) is 13.0. The second-order valence-electron chi connectivity index (χ2n) is 17.8. The van der Waals surface area contributed by atoms with Gasteiger partial charge < -0.3 is 23.7 Å². The molecule has 3 aliphatic rings. The van der Waals surface area contributed by atoms with E-state index in [1.54, 1.807) is 24.3 Å². The van der Waals surface area contributed by atoms with Gasteiger partial charge in [0.25, 0.3) is 0 Å². The number of fused-ring (bicyclic) bond motifs is 4. The van der Waals surface area contributed by atoms with Crippen LogP contribution in [0.5, 0.6) is 28.7 Å². The molecule has 13 nitrogen and oxygen atoms in total. The molecule has 0 aliphatic heterocycles. The van der Waals surface area contributed by atoms with Crippen LogP contribution in [0.4, 0.5) is 11.4 Å². The minimum absolute atomic E-state index is 0.0414. The topological polar surface area (TPSA) is 209 Å². The molecule has 0 radical (unpaired) electrons. The van der Waals surface area contributed by atoms with Crippen molar-refractivity contribution in [3.8, 4) is 28.7 Å².